The summed E-state index contributed by atoms with van der Waals surface area (Å²) >= 11 is 23.1. The van der Waals surface area contributed by atoms with Crippen LogP contribution in [0.5, 0.6) is 5.75 Å². The Kier molecular flexibility index (Phi) is 8.60. The fourth-order valence-corrected chi connectivity index (χ4v) is 2.87. The monoisotopic (exact) mass is 446 g/mol. The first-order valence-corrected chi connectivity index (χ1v) is 9.53. The summed E-state index contributed by atoms with van der Waals surface area (Å²) in [6.07, 6.45) is 0. The molecule has 0 saturated carbocycles. The number of anilines is 1. The smallest absolute Gasteiger partial charge is 0.261 e. The number of para-hydroxylation sites is 1. The number of hydrogen-bond donors (Lipinski definition) is 2. The van der Waals surface area contributed by atoms with Gasteiger partial charge >= 0.3 is 0 Å². The van der Waals surface area contributed by atoms with Crippen molar-refractivity contribution in [3.05, 3.63) is 57.0 Å². The Labute approximate surface area is 177 Å². The number of halogens is 3. The number of thiocarbonyl (C=S) groups is 1. The van der Waals surface area contributed by atoms with E-state index in [1.807, 2.05) is 6.92 Å². The Morgan fingerprint density at radius 3 is 2.52 bits per heavy atom. The highest BCUT2D eigenvalue weighted by atomic mass is 35.5. The predicted molar refractivity (Wildman–Crippen MR) is 114 cm³/mol. The first-order chi connectivity index (χ1) is 12.9. The van der Waals surface area contributed by atoms with Crippen molar-refractivity contribution in [2.24, 2.45) is 0 Å². The number of amides is 1. The number of carbonyl (C=O) groups is 1. The molecular formula is C18H17Cl3N2O3S. The average molecular weight is 448 g/mol. The lowest BCUT2D eigenvalue weighted by atomic mass is 10.2. The minimum absolute atomic E-state index is 0.0596. The van der Waals surface area contributed by atoms with Gasteiger partial charge in [0.15, 0.2) is 5.11 Å². The van der Waals surface area contributed by atoms with E-state index >= 15 is 0 Å². The zero-order valence-corrected chi connectivity index (χ0v) is 17.4. The second-order valence-electron chi connectivity index (χ2n) is 5.20. The molecule has 0 bridgehead atoms. The lowest BCUT2D eigenvalue weighted by Gasteiger charge is -2.14. The number of hydrogen-bond acceptors (Lipinski definition) is 4. The van der Waals surface area contributed by atoms with E-state index in [9.17, 15) is 4.79 Å². The third-order valence-electron chi connectivity index (χ3n) is 3.31. The molecule has 9 heteroatoms. The Balaban J connectivity index is 2.02. The first-order valence-electron chi connectivity index (χ1n) is 7.98. The molecule has 0 aromatic heterocycles. The van der Waals surface area contributed by atoms with Gasteiger partial charge in [0.05, 0.1) is 32.9 Å². The van der Waals surface area contributed by atoms with Crippen LogP contribution in [0.25, 0.3) is 0 Å². The van der Waals surface area contributed by atoms with E-state index < -0.39 is 5.91 Å². The molecule has 0 radical (unpaired) electrons. The van der Waals surface area contributed by atoms with E-state index in [1.165, 1.54) is 12.1 Å². The van der Waals surface area contributed by atoms with Gasteiger partial charge in [0.1, 0.15) is 12.4 Å². The second-order valence-corrected chi connectivity index (χ2v) is 6.83. The van der Waals surface area contributed by atoms with Crippen LogP contribution < -0.4 is 15.4 Å². The molecule has 0 aliphatic rings. The first kappa shape index (κ1) is 21.7. The van der Waals surface area contributed by atoms with Gasteiger partial charge in [0.25, 0.3) is 5.91 Å². The van der Waals surface area contributed by atoms with Gasteiger partial charge in [-0.2, -0.15) is 0 Å². The highest BCUT2D eigenvalue weighted by Gasteiger charge is 2.15. The molecule has 2 aromatic rings. The van der Waals surface area contributed by atoms with Crippen LogP contribution in [0, 0.1) is 0 Å². The van der Waals surface area contributed by atoms with Crippen LogP contribution in [0.15, 0.2) is 36.4 Å². The number of nitrogens with one attached hydrogen (secondary N) is 2. The van der Waals surface area contributed by atoms with Gasteiger partial charge in [-0.1, -0.05) is 46.9 Å². The topological polar surface area (TPSA) is 59.6 Å². The minimum atomic E-state index is -0.421. The third kappa shape index (κ3) is 6.52. The molecule has 0 fully saturated rings. The second kappa shape index (κ2) is 10.7. The molecule has 2 aromatic carbocycles. The molecule has 0 spiro atoms. The van der Waals surface area contributed by atoms with E-state index in [-0.39, 0.29) is 5.11 Å². The van der Waals surface area contributed by atoms with Crippen molar-refractivity contribution in [2.75, 3.05) is 25.1 Å². The fourth-order valence-electron chi connectivity index (χ4n) is 2.08. The Morgan fingerprint density at radius 1 is 1.07 bits per heavy atom. The van der Waals surface area contributed by atoms with E-state index in [2.05, 4.69) is 10.6 Å². The molecule has 0 unspecified atom stereocenters. The molecule has 144 valence electrons. The maximum absolute atomic E-state index is 12.5. The molecule has 2 rings (SSSR count). The van der Waals surface area contributed by atoms with Crippen molar-refractivity contribution < 1.29 is 14.3 Å². The van der Waals surface area contributed by atoms with Crippen LogP contribution in [0.3, 0.4) is 0 Å². The summed E-state index contributed by atoms with van der Waals surface area (Å²) in [6, 6.07) is 9.86. The Hall–Kier alpha value is -1.57. The van der Waals surface area contributed by atoms with Crippen LogP contribution in [0.4, 0.5) is 5.69 Å². The number of benzene rings is 2. The summed E-state index contributed by atoms with van der Waals surface area (Å²) in [7, 11) is 0. The van der Waals surface area contributed by atoms with E-state index in [4.69, 9.17) is 56.5 Å². The van der Waals surface area contributed by atoms with Crippen LogP contribution in [-0.4, -0.2) is 30.8 Å². The number of rotatable bonds is 7. The lowest BCUT2D eigenvalue weighted by molar-refractivity contribution is 0.0958. The standard InChI is InChI=1S/C18H17Cl3N2O3S/c1-2-25-7-8-26-16-6-4-3-5-11(16)17(24)23-18(27)22-15-10-13(20)12(19)9-14(15)21/h3-6,9-10H,2,7-8H2,1H3,(H2,22,23,24,27). The summed E-state index contributed by atoms with van der Waals surface area (Å²) in [5, 5.41) is 6.42. The van der Waals surface area contributed by atoms with Gasteiger partial charge < -0.3 is 14.8 Å². The largest absolute Gasteiger partial charge is 0.490 e. The summed E-state index contributed by atoms with van der Waals surface area (Å²) in [6.45, 7) is 3.26. The van der Waals surface area contributed by atoms with Crippen molar-refractivity contribution in [2.45, 2.75) is 6.92 Å². The molecule has 0 aliphatic carbocycles. The van der Waals surface area contributed by atoms with Crippen molar-refractivity contribution in [1.29, 1.82) is 0 Å². The van der Waals surface area contributed by atoms with Gasteiger partial charge in [-0.05, 0) is 43.4 Å². The maximum Gasteiger partial charge on any atom is 0.261 e. The van der Waals surface area contributed by atoms with Crippen LogP contribution in [0.1, 0.15) is 17.3 Å². The summed E-state index contributed by atoms with van der Waals surface area (Å²) in [5.74, 6) is 0.0146. The van der Waals surface area contributed by atoms with E-state index in [1.54, 1.807) is 24.3 Å². The average Bonchev–Trinajstić information content (AvgIpc) is 2.63. The molecule has 27 heavy (non-hydrogen) atoms. The zero-order chi connectivity index (χ0) is 19.8. The summed E-state index contributed by atoms with van der Waals surface area (Å²) in [4.78, 5) is 12.5. The molecular weight excluding hydrogens is 431 g/mol. The fraction of sp³-hybridized carbons (Fsp3) is 0.222. The van der Waals surface area contributed by atoms with Gasteiger partial charge in [0, 0.05) is 6.61 Å². The van der Waals surface area contributed by atoms with Gasteiger partial charge in [-0.3, -0.25) is 10.1 Å². The van der Waals surface area contributed by atoms with Crippen molar-refractivity contribution in [1.82, 2.24) is 5.32 Å². The molecule has 0 aliphatic heterocycles. The minimum Gasteiger partial charge on any atom is -0.490 e. The maximum atomic E-state index is 12.5. The van der Waals surface area contributed by atoms with E-state index in [0.717, 1.165) is 0 Å². The Bertz CT molecular complexity index is 833. The molecule has 0 atom stereocenters. The van der Waals surface area contributed by atoms with Gasteiger partial charge in [-0.15, -0.1) is 0 Å². The summed E-state index contributed by atoms with van der Waals surface area (Å²) in [5.41, 5.74) is 0.774. The highest BCUT2D eigenvalue weighted by Crippen LogP contribution is 2.32. The summed E-state index contributed by atoms with van der Waals surface area (Å²) < 4.78 is 10.8. The van der Waals surface area contributed by atoms with Gasteiger partial charge in [-0.25, -0.2) is 0 Å². The number of ether oxygens (including phenoxy) is 2. The van der Waals surface area contributed by atoms with Crippen molar-refractivity contribution in [3.63, 3.8) is 0 Å². The predicted octanol–water partition coefficient (Wildman–Crippen LogP) is 5.19. The lowest BCUT2D eigenvalue weighted by Crippen LogP contribution is -2.34. The molecule has 0 saturated heterocycles. The zero-order valence-electron chi connectivity index (χ0n) is 14.4. The van der Waals surface area contributed by atoms with Crippen LogP contribution in [-0.2, 0) is 4.74 Å². The van der Waals surface area contributed by atoms with Crippen molar-refractivity contribution in [3.8, 4) is 5.75 Å². The SMILES string of the molecule is CCOCCOc1ccccc1C(=O)NC(=S)Nc1cc(Cl)c(Cl)cc1Cl. The normalized spacial score (nSPS) is 10.4. The van der Waals surface area contributed by atoms with Crippen molar-refractivity contribution >= 4 is 63.7 Å². The molecule has 0 heterocycles. The quantitative estimate of drug-likeness (QED) is 0.347. The van der Waals surface area contributed by atoms with Crippen LogP contribution >= 0.6 is 47.0 Å². The highest BCUT2D eigenvalue weighted by molar-refractivity contribution is 7.80. The van der Waals surface area contributed by atoms with Gasteiger partial charge in [0.2, 0.25) is 0 Å². The molecule has 2 N–H and O–H groups in total. The Morgan fingerprint density at radius 2 is 1.78 bits per heavy atom. The third-order valence-corrected chi connectivity index (χ3v) is 4.55. The van der Waals surface area contributed by atoms with Crippen LogP contribution in [0.2, 0.25) is 15.1 Å². The van der Waals surface area contributed by atoms with E-state index in [0.29, 0.717) is 51.9 Å². The molecule has 5 nitrogen and oxygen atoms in total. The number of carbonyl (C=O) groups excluding carboxylic acids is 1. The molecule has 1 amide bonds.